The maximum absolute atomic E-state index is 10.2. The summed E-state index contributed by atoms with van der Waals surface area (Å²) < 4.78 is 14.6. The van der Waals surface area contributed by atoms with E-state index in [-0.39, 0.29) is 5.88 Å². The van der Waals surface area contributed by atoms with E-state index >= 15 is 0 Å². The lowest BCUT2D eigenvalue weighted by molar-refractivity contribution is 0.219. The van der Waals surface area contributed by atoms with Crippen LogP contribution in [0.5, 0.6) is 0 Å². The van der Waals surface area contributed by atoms with E-state index < -0.39 is 13.1 Å². The third kappa shape index (κ3) is 6.62. The Morgan fingerprint density at radius 1 is 1.89 bits per heavy atom. The van der Waals surface area contributed by atoms with Crippen LogP contribution >= 0.6 is 29.8 Å². The van der Waals surface area contributed by atoms with Gasteiger partial charge in [0.1, 0.15) is 0 Å². The Balaban J connectivity index is 3.60. The van der Waals surface area contributed by atoms with Crippen molar-refractivity contribution in [3.8, 4) is 0 Å². The Morgan fingerprint density at radius 2 is 2.33 bits per heavy atom. The van der Waals surface area contributed by atoms with Crippen LogP contribution in [0.3, 0.4) is 0 Å². The van der Waals surface area contributed by atoms with E-state index in [4.69, 9.17) is 27.7 Å². The van der Waals surface area contributed by atoms with Crippen LogP contribution in [-0.4, -0.2) is 16.9 Å². The maximum Gasteiger partial charge on any atom is 0.421 e. The molecule has 0 radical (unpaired) electrons. The van der Waals surface area contributed by atoms with Crippen LogP contribution in [-0.2, 0) is 9.09 Å². The number of halogens is 2. The van der Waals surface area contributed by atoms with Crippen molar-refractivity contribution in [2.24, 2.45) is 0 Å². The minimum atomic E-state index is -3.85. The zero-order valence-electron chi connectivity index (χ0n) is 4.75. The smallest absolute Gasteiger partial charge is 0.313 e. The molecule has 0 heterocycles. The van der Waals surface area contributed by atoms with Crippen LogP contribution < -0.4 is 0 Å². The molecule has 0 spiro atoms. The highest BCUT2D eigenvalue weighted by Crippen LogP contribution is 2.48. The summed E-state index contributed by atoms with van der Waals surface area (Å²) in [5.74, 6) is 0.150. The molecule has 0 bridgehead atoms. The van der Waals surface area contributed by atoms with E-state index in [1.165, 1.54) is 0 Å². The molecular formula is C3H7Cl2O3P. The average Bonchev–Trinajstić information content (AvgIpc) is 1.62. The minimum Gasteiger partial charge on any atom is -0.313 e. The Bertz CT molecular complexity index is 122. The minimum absolute atomic E-state index is 0.150. The van der Waals surface area contributed by atoms with Gasteiger partial charge in [0, 0.05) is 17.1 Å². The molecular weight excluding hydrogens is 186 g/mol. The first-order valence-corrected chi connectivity index (χ1v) is 5.24. The SMILES string of the molecule is CC(CCl)OP(=O)(O)Cl. The van der Waals surface area contributed by atoms with E-state index in [0.29, 0.717) is 0 Å². The lowest BCUT2D eigenvalue weighted by Gasteiger charge is -2.08. The molecule has 0 aliphatic rings. The first kappa shape index (κ1) is 9.73. The molecule has 0 amide bonds. The molecule has 0 aromatic rings. The number of hydrogen-bond acceptors (Lipinski definition) is 2. The van der Waals surface area contributed by atoms with Crippen molar-refractivity contribution in [1.82, 2.24) is 0 Å². The Morgan fingerprint density at radius 3 is 2.44 bits per heavy atom. The lowest BCUT2D eigenvalue weighted by Crippen LogP contribution is -2.05. The third-order valence-corrected chi connectivity index (χ3v) is 1.82. The van der Waals surface area contributed by atoms with Gasteiger partial charge in [-0.3, -0.25) is 4.52 Å². The normalized spacial score (nSPS) is 20.9. The van der Waals surface area contributed by atoms with Crippen LogP contribution in [0.25, 0.3) is 0 Å². The summed E-state index contributed by atoms with van der Waals surface area (Å²) in [5.41, 5.74) is 0. The Labute approximate surface area is 63.2 Å². The second-order valence-corrected chi connectivity index (χ2v) is 4.23. The summed E-state index contributed by atoms with van der Waals surface area (Å²) in [7, 11) is 0. The average molecular weight is 193 g/mol. The fraction of sp³-hybridized carbons (Fsp3) is 1.00. The van der Waals surface area contributed by atoms with E-state index in [9.17, 15) is 4.57 Å². The van der Waals surface area contributed by atoms with E-state index in [2.05, 4.69) is 4.52 Å². The molecule has 0 saturated carbocycles. The monoisotopic (exact) mass is 192 g/mol. The molecule has 0 fully saturated rings. The number of hydrogen-bond donors (Lipinski definition) is 1. The first-order valence-electron chi connectivity index (χ1n) is 2.22. The summed E-state index contributed by atoms with van der Waals surface area (Å²) in [4.78, 5) is 8.36. The summed E-state index contributed by atoms with van der Waals surface area (Å²) in [6, 6.07) is 0. The van der Waals surface area contributed by atoms with Crippen molar-refractivity contribution in [2.75, 3.05) is 5.88 Å². The topological polar surface area (TPSA) is 46.5 Å². The van der Waals surface area contributed by atoms with Gasteiger partial charge in [-0.1, -0.05) is 0 Å². The van der Waals surface area contributed by atoms with Gasteiger partial charge in [0.15, 0.2) is 0 Å². The largest absolute Gasteiger partial charge is 0.421 e. The molecule has 3 nitrogen and oxygen atoms in total. The molecule has 0 saturated heterocycles. The first-order chi connectivity index (χ1) is 3.95. The van der Waals surface area contributed by atoms with E-state index in [0.717, 1.165) is 0 Å². The molecule has 1 N–H and O–H groups in total. The molecule has 0 rings (SSSR count). The number of alkyl halides is 1. The quantitative estimate of drug-likeness (QED) is 0.550. The van der Waals surface area contributed by atoms with Crippen molar-refractivity contribution in [1.29, 1.82) is 0 Å². The highest BCUT2D eigenvalue weighted by atomic mass is 35.7. The zero-order valence-corrected chi connectivity index (χ0v) is 7.16. The summed E-state index contributed by atoms with van der Waals surface area (Å²) in [6.45, 7) is -2.30. The summed E-state index contributed by atoms with van der Waals surface area (Å²) in [6.07, 6.45) is -0.486. The lowest BCUT2D eigenvalue weighted by atomic mass is 10.5. The second kappa shape index (κ2) is 3.79. The fourth-order valence-corrected chi connectivity index (χ4v) is 1.33. The Kier molecular flexibility index (Phi) is 4.10. The number of rotatable bonds is 3. The second-order valence-electron chi connectivity index (χ2n) is 1.52. The standard InChI is InChI=1S/C3H7Cl2O3P/c1-3(2-4)8-9(5,6)7/h3H,2H2,1H3,(H,6,7). The van der Waals surface area contributed by atoms with Gasteiger partial charge in [-0.05, 0) is 6.92 Å². The van der Waals surface area contributed by atoms with Crippen LogP contribution in [0.15, 0.2) is 0 Å². The molecule has 0 aromatic heterocycles. The highest BCUT2D eigenvalue weighted by Gasteiger charge is 2.17. The van der Waals surface area contributed by atoms with E-state index in [1.54, 1.807) is 6.92 Å². The van der Waals surface area contributed by atoms with Crippen molar-refractivity contribution in [2.45, 2.75) is 13.0 Å². The van der Waals surface area contributed by atoms with Gasteiger partial charge in [-0.25, -0.2) is 4.57 Å². The van der Waals surface area contributed by atoms with Gasteiger partial charge < -0.3 is 4.89 Å². The molecule has 9 heavy (non-hydrogen) atoms. The maximum atomic E-state index is 10.2. The van der Waals surface area contributed by atoms with Crippen LogP contribution in [0.1, 0.15) is 6.92 Å². The van der Waals surface area contributed by atoms with Crippen LogP contribution in [0.4, 0.5) is 0 Å². The predicted octanol–water partition coefficient (Wildman–Crippen LogP) is 1.97. The molecule has 0 aliphatic heterocycles. The molecule has 6 heteroatoms. The molecule has 0 aromatic carbocycles. The van der Waals surface area contributed by atoms with Crippen molar-refractivity contribution in [3.63, 3.8) is 0 Å². The summed E-state index contributed by atoms with van der Waals surface area (Å²) >= 11 is 10.1. The van der Waals surface area contributed by atoms with Gasteiger partial charge in [0.25, 0.3) is 0 Å². The van der Waals surface area contributed by atoms with Crippen molar-refractivity contribution in [3.05, 3.63) is 0 Å². The molecule has 2 unspecified atom stereocenters. The zero-order chi connectivity index (χ0) is 7.49. The molecule has 2 atom stereocenters. The Hall–Kier alpha value is 0.730. The van der Waals surface area contributed by atoms with Gasteiger partial charge >= 0.3 is 6.95 Å². The molecule has 56 valence electrons. The third-order valence-electron chi connectivity index (χ3n) is 0.527. The highest BCUT2D eigenvalue weighted by molar-refractivity contribution is 7.80. The molecule has 0 aliphatic carbocycles. The predicted molar refractivity (Wildman–Crippen MR) is 36.9 cm³/mol. The van der Waals surface area contributed by atoms with Gasteiger partial charge in [-0.15, -0.1) is 11.6 Å². The van der Waals surface area contributed by atoms with Crippen LogP contribution in [0, 0.1) is 0 Å². The van der Waals surface area contributed by atoms with Gasteiger partial charge in [0.05, 0.1) is 6.10 Å². The van der Waals surface area contributed by atoms with Crippen molar-refractivity contribution < 1.29 is 14.0 Å². The van der Waals surface area contributed by atoms with Crippen molar-refractivity contribution >= 4 is 29.8 Å². The summed E-state index contributed by atoms with van der Waals surface area (Å²) in [5, 5.41) is 0. The van der Waals surface area contributed by atoms with Gasteiger partial charge in [-0.2, -0.15) is 0 Å². The van der Waals surface area contributed by atoms with Crippen LogP contribution in [0.2, 0.25) is 0 Å². The fourth-order valence-electron chi connectivity index (χ4n) is 0.250. The van der Waals surface area contributed by atoms with Gasteiger partial charge in [0.2, 0.25) is 0 Å². The van der Waals surface area contributed by atoms with E-state index in [1.807, 2.05) is 0 Å².